The van der Waals surface area contributed by atoms with E-state index in [-0.39, 0.29) is 23.1 Å². The van der Waals surface area contributed by atoms with E-state index < -0.39 is 12.0 Å². The van der Waals surface area contributed by atoms with Gasteiger partial charge in [-0.2, -0.15) is 4.37 Å². The fourth-order valence-corrected chi connectivity index (χ4v) is 4.00. The van der Waals surface area contributed by atoms with Crippen LogP contribution in [0.15, 0.2) is 18.2 Å². The number of nitrogens with one attached hydrogen (secondary N) is 2. The molecular weight excluding hydrogens is 420 g/mol. The molecule has 0 bridgehead atoms. The zero-order valence-electron chi connectivity index (χ0n) is 17.8. The average Bonchev–Trinajstić information content (AvgIpc) is 3.14. The maximum Gasteiger partial charge on any atom is 0.344 e. The van der Waals surface area contributed by atoms with E-state index in [0.29, 0.717) is 6.54 Å². The van der Waals surface area contributed by atoms with Crippen LogP contribution in [0.4, 0.5) is 9.80 Å². The van der Waals surface area contributed by atoms with Crippen molar-refractivity contribution in [2.45, 2.75) is 26.9 Å². The first-order valence-corrected chi connectivity index (χ1v) is 11.0. The van der Waals surface area contributed by atoms with E-state index >= 15 is 0 Å². The van der Waals surface area contributed by atoms with Crippen molar-refractivity contribution in [3.63, 3.8) is 0 Å². The summed E-state index contributed by atoms with van der Waals surface area (Å²) in [4.78, 5) is 26.2. The molecule has 168 valence electrons. The topological polar surface area (TPSA) is 113 Å². The van der Waals surface area contributed by atoms with Crippen molar-refractivity contribution in [3.8, 4) is 5.88 Å². The van der Waals surface area contributed by atoms with Gasteiger partial charge >= 0.3 is 12.0 Å². The predicted octanol–water partition coefficient (Wildman–Crippen LogP) is 2.88. The molecule has 31 heavy (non-hydrogen) atoms. The number of amides is 2. The number of ether oxygens (including phenoxy) is 2. The fourth-order valence-electron chi connectivity index (χ4n) is 3.28. The van der Waals surface area contributed by atoms with Crippen LogP contribution in [0.3, 0.4) is 0 Å². The highest BCUT2D eigenvalue weighted by molar-refractivity contribution is 7.11. The minimum absolute atomic E-state index is 0.0000856. The summed E-state index contributed by atoms with van der Waals surface area (Å²) < 4.78 is 15.1. The van der Waals surface area contributed by atoms with Crippen LogP contribution in [-0.2, 0) is 11.3 Å². The number of carboxylic acid groups (broad SMARTS) is 1. The summed E-state index contributed by atoms with van der Waals surface area (Å²) in [7, 11) is 0. The van der Waals surface area contributed by atoms with E-state index in [0.717, 1.165) is 67.5 Å². The zero-order chi connectivity index (χ0) is 22.2. The number of rotatable bonds is 9. The molecule has 1 fully saturated rings. The summed E-state index contributed by atoms with van der Waals surface area (Å²) in [6, 6.07) is 5.49. The fraction of sp³-hybridized carbons (Fsp3) is 0.476. The van der Waals surface area contributed by atoms with Crippen LogP contribution in [0.2, 0.25) is 0 Å². The molecule has 0 atom stereocenters. The molecule has 9 nitrogen and oxygen atoms in total. The van der Waals surface area contributed by atoms with Gasteiger partial charge in [-0.3, -0.25) is 10.2 Å². The van der Waals surface area contributed by atoms with E-state index in [4.69, 9.17) is 9.47 Å². The van der Waals surface area contributed by atoms with Gasteiger partial charge in [-0.05, 0) is 49.5 Å². The summed E-state index contributed by atoms with van der Waals surface area (Å²) >= 11 is 0.887. The lowest BCUT2D eigenvalue weighted by Crippen LogP contribution is -2.38. The lowest BCUT2D eigenvalue weighted by atomic mass is 10.1. The molecule has 1 aliphatic rings. The molecule has 2 heterocycles. The molecule has 2 amide bonds. The normalized spacial score (nSPS) is 14.3. The van der Waals surface area contributed by atoms with Crippen LogP contribution in [0, 0.1) is 13.8 Å². The summed E-state index contributed by atoms with van der Waals surface area (Å²) in [5, 5.41) is 15.1. The number of hydrogen-bond acceptors (Lipinski definition) is 7. The SMILES string of the molecule is Cc1ccc(COc2nsc(NC(=O)NCCCN3CCOCC3)c2C(=O)O)c(C)c1. The lowest BCUT2D eigenvalue weighted by Gasteiger charge is -2.26. The number of carbonyl (C=O) groups excluding carboxylic acids is 1. The Hall–Kier alpha value is -2.69. The number of aryl methyl sites for hydroxylation is 2. The number of aromatic carboxylic acids is 1. The molecule has 3 rings (SSSR count). The van der Waals surface area contributed by atoms with Crippen molar-refractivity contribution in [1.82, 2.24) is 14.6 Å². The molecule has 0 spiro atoms. The number of carbonyl (C=O) groups is 2. The van der Waals surface area contributed by atoms with Crippen molar-refractivity contribution < 1.29 is 24.2 Å². The molecule has 1 aromatic carbocycles. The third kappa shape index (κ3) is 6.65. The summed E-state index contributed by atoms with van der Waals surface area (Å²) in [5.41, 5.74) is 3.01. The van der Waals surface area contributed by atoms with Gasteiger partial charge < -0.3 is 19.9 Å². The Kier molecular flexibility index (Phi) is 8.21. The molecule has 0 aliphatic carbocycles. The van der Waals surface area contributed by atoms with Gasteiger partial charge in [0.05, 0.1) is 13.2 Å². The summed E-state index contributed by atoms with van der Waals surface area (Å²) in [6.07, 6.45) is 0.798. The van der Waals surface area contributed by atoms with Gasteiger partial charge in [0.1, 0.15) is 11.6 Å². The number of benzene rings is 1. The Labute approximate surface area is 185 Å². The van der Waals surface area contributed by atoms with E-state index in [1.165, 1.54) is 0 Å². The van der Waals surface area contributed by atoms with Crippen LogP contribution in [0.5, 0.6) is 5.88 Å². The first-order valence-electron chi connectivity index (χ1n) is 10.2. The van der Waals surface area contributed by atoms with Gasteiger partial charge in [0.25, 0.3) is 0 Å². The van der Waals surface area contributed by atoms with E-state index in [2.05, 4.69) is 19.9 Å². The van der Waals surface area contributed by atoms with Crippen molar-refractivity contribution in [1.29, 1.82) is 0 Å². The molecule has 1 aliphatic heterocycles. The van der Waals surface area contributed by atoms with Gasteiger partial charge in [0.2, 0.25) is 5.88 Å². The van der Waals surface area contributed by atoms with Gasteiger partial charge in [0.15, 0.2) is 5.56 Å². The Morgan fingerprint density at radius 1 is 1.29 bits per heavy atom. The highest BCUT2D eigenvalue weighted by Crippen LogP contribution is 2.31. The second-order valence-electron chi connectivity index (χ2n) is 7.40. The molecular formula is C21H28N4O5S. The third-order valence-electron chi connectivity index (χ3n) is 5.00. The van der Waals surface area contributed by atoms with Crippen LogP contribution in [-0.4, -0.2) is 65.8 Å². The second kappa shape index (κ2) is 11.1. The number of nitrogens with zero attached hydrogens (tertiary/aromatic N) is 2. The molecule has 1 aromatic heterocycles. The van der Waals surface area contributed by atoms with Gasteiger partial charge in [-0.1, -0.05) is 23.8 Å². The Morgan fingerprint density at radius 2 is 2.06 bits per heavy atom. The monoisotopic (exact) mass is 448 g/mol. The van der Waals surface area contributed by atoms with Crippen LogP contribution in [0.1, 0.15) is 33.5 Å². The van der Waals surface area contributed by atoms with E-state index in [1.807, 2.05) is 32.0 Å². The van der Waals surface area contributed by atoms with Gasteiger partial charge in [0, 0.05) is 19.6 Å². The quantitative estimate of drug-likeness (QED) is 0.506. The van der Waals surface area contributed by atoms with Crippen molar-refractivity contribution in [2.75, 3.05) is 44.7 Å². The second-order valence-corrected chi connectivity index (χ2v) is 8.18. The Bertz CT molecular complexity index is 911. The first kappa shape index (κ1) is 23.0. The average molecular weight is 449 g/mol. The first-order chi connectivity index (χ1) is 14.9. The third-order valence-corrected chi connectivity index (χ3v) is 5.75. The van der Waals surface area contributed by atoms with Gasteiger partial charge in [-0.25, -0.2) is 9.59 Å². The standard InChI is InChI=1S/C21H28N4O5S/c1-14-4-5-16(15(2)12-14)13-30-18-17(20(26)27)19(31-24-18)23-21(28)22-6-3-7-25-8-10-29-11-9-25/h4-5,12H,3,6-11,13H2,1-2H3,(H,26,27)(H2,22,23,28). The lowest BCUT2D eigenvalue weighted by molar-refractivity contribution is 0.0375. The highest BCUT2D eigenvalue weighted by Gasteiger charge is 2.23. The van der Waals surface area contributed by atoms with Crippen molar-refractivity contribution >= 4 is 28.5 Å². The van der Waals surface area contributed by atoms with Crippen LogP contribution >= 0.6 is 11.5 Å². The smallest absolute Gasteiger partial charge is 0.344 e. The molecule has 0 unspecified atom stereocenters. The number of carboxylic acids is 1. The summed E-state index contributed by atoms with van der Waals surface area (Å²) in [6.45, 7) is 8.83. The number of urea groups is 1. The molecule has 0 radical (unpaired) electrons. The van der Waals surface area contributed by atoms with E-state index in [9.17, 15) is 14.7 Å². The Morgan fingerprint density at radius 3 is 2.77 bits per heavy atom. The zero-order valence-corrected chi connectivity index (χ0v) is 18.6. The summed E-state index contributed by atoms with van der Waals surface area (Å²) in [5.74, 6) is -1.20. The van der Waals surface area contributed by atoms with Crippen molar-refractivity contribution in [2.24, 2.45) is 0 Å². The van der Waals surface area contributed by atoms with Crippen molar-refractivity contribution in [3.05, 3.63) is 40.5 Å². The number of anilines is 1. The van der Waals surface area contributed by atoms with Crippen LogP contribution < -0.4 is 15.4 Å². The minimum atomic E-state index is -1.20. The molecule has 10 heteroatoms. The van der Waals surface area contributed by atoms with Crippen LogP contribution in [0.25, 0.3) is 0 Å². The molecule has 1 saturated heterocycles. The molecule has 2 aromatic rings. The predicted molar refractivity (Wildman–Crippen MR) is 118 cm³/mol. The van der Waals surface area contributed by atoms with Gasteiger partial charge in [-0.15, -0.1) is 0 Å². The minimum Gasteiger partial charge on any atom is -0.477 e. The number of aromatic nitrogens is 1. The highest BCUT2D eigenvalue weighted by atomic mass is 32.1. The molecule has 0 saturated carbocycles. The number of hydrogen-bond donors (Lipinski definition) is 3. The Balaban J connectivity index is 1.51. The maximum atomic E-state index is 12.2. The largest absolute Gasteiger partial charge is 0.477 e. The number of morpholine rings is 1. The molecule has 3 N–H and O–H groups in total. The van der Waals surface area contributed by atoms with E-state index in [1.54, 1.807) is 0 Å². The maximum absolute atomic E-state index is 12.2.